The number of aliphatic hydroxyl groups is 1. The van der Waals surface area contributed by atoms with Crippen molar-refractivity contribution in [1.82, 2.24) is 5.32 Å². The molecule has 0 spiro atoms. The molecule has 0 amide bonds. The lowest BCUT2D eigenvalue weighted by atomic mass is 9.95. The SMILES string of the molecule is CCCCOCCOC(C)CC(C)(CO)NCCC. The van der Waals surface area contributed by atoms with E-state index in [2.05, 4.69) is 19.2 Å². The predicted molar refractivity (Wildman–Crippen MR) is 79.5 cm³/mol. The van der Waals surface area contributed by atoms with E-state index < -0.39 is 0 Å². The van der Waals surface area contributed by atoms with Crippen molar-refractivity contribution >= 4 is 0 Å². The summed E-state index contributed by atoms with van der Waals surface area (Å²) in [7, 11) is 0. The highest BCUT2D eigenvalue weighted by atomic mass is 16.5. The van der Waals surface area contributed by atoms with Gasteiger partial charge in [0.05, 0.1) is 25.9 Å². The summed E-state index contributed by atoms with van der Waals surface area (Å²) >= 11 is 0. The zero-order valence-corrected chi connectivity index (χ0v) is 13.2. The Balaban J connectivity index is 3.72. The molecule has 0 rings (SSSR count). The monoisotopic (exact) mass is 275 g/mol. The Bertz CT molecular complexity index is 202. The van der Waals surface area contributed by atoms with Gasteiger partial charge in [-0.15, -0.1) is 0 Å². The summed E-state index contributed by atoms with van der Waals surface area (Å²) in [5.74, 6) is 0. The van der Waals surface area contributed by atoms with Crippen molar-refractivity contribution in [3.05, 3.63) is 0 Å². The molecular weight excluding hydrogens is 242 g/mol. The number of ether oxygens (including phenoxy) is 2. The van der Waals surface area contributed by atoms with E-state index >= 15 is 0 Å². The molecule has 0 radical (unpaired) electrons. The quantitative estimate of drug-likeness (QED) is 0.507. The lowest BCUT2D eigenvalue weighted by Crippen LogP contribution is -2.48. The zero-order chi connectivity index (χ0) is 14.6. The van der Waals surface area contributed by atoms with Crippen LogP contribution in [0.25, 0.3) is 0 Å². The summed E-state index contributed by atoms with van der Waals surface area (Å²) < 4.78 is 11.2. The highest BCUT2D eigenvalue weighted by Gasteiger charge is 2.25. The third-order valence-electron chi connectivity index (χ3n) is 3.16. The molecule has 0 aromatic heterocycles. The number of unbranched alkanes of at least 4 members (excludes halogenated alkanes) is 1. The second-order valence-corrected chi connectivity index (χ2v) is 5.50. The van der Waals surface area contributed by atoms with E-state index in [0.717, 1.165) is 38.8 Å². The molecular formula is C15H33NO3. The highest BCUT2D eigenvalue weighted by Crippen LogP contribution is 2.14. The summed E-state index contributed by atoms with van der Waals surface area (Å²) in [5, 5.41) is 12.9. The second kappa shape index (κ2) is 11.6. The third kappa shape index (κ3) is 10.3. The average Bonchev–Trinajstić information content (AvgIpc) is 2.40. The Kier molecular flexibility index (Phi) is 11.6. The predicted octanol–water partition coefficient (Wildman–Crippen LogP) is 2.35. The standard InChI is InChI=1S/C15H33NO3/c1-5-7-9-18-10-11-19-14(3)12-15(4,13-17)16-8-6-2/h14,16-17H,5-13H2,1-4H3. The van der Waals surface area contributed by atoms with Crippen LogP contribution in [0.4, 0.5) is 0 Å². The molecule has 0 saturated carbocycles. The van der Waals surface area contributed by atoms with Crippen LogP contribution >= 0.6 is 0 Å². The number of hydrogen-bond donors (Lipinski definition) is 2. The summed E-state index contributed by atoms with van der Waals surface area (Å²) in [6.07, 6.45) is 4.26. The smallest absolute Gasteiger partial charge is 0.0704 e. The van der Waals surface area contributed by atoms with Crippen molar-refractivity contribution in [2.45, 2.75) is 65.0 Å². The van der Waals surface area contributed by atoms with Crippen LogP contribution in [0, 0.1) is 0 Å². The number of rotatable bonds is 13. The van der Waals surface area contributed by atoms with E-state index in [9.17, 15) is 5.11 Å². The number of nitrogens with one attached hydrogen (secondary N) is 1. The summed E-state index contributed by atoms with van der Waals surface area (Å²) in [6, 6.07) is 0. The fourth-order valence-electron chi connectivity index (χ4n) is 1.97. The van der Waals surface area contributed by atoms with Crippen molar-refractivity contribution in [3.8, 4) is 0 Å². The maximum absolute atomic E-state index is 9.49. The second-order valence-electron chi connectivity index (χ2n) is 5.50. The van der Waals surface area contributed by atoms with Gasteiger partial charge in [0, 0.05) is 12.1 Å². The molecule has 0 bridgehead atoms. The first kappa shape index (κ1) is 18.8. The van der Waals surface area contributed by atoms with Gasteiger partial charge >= 0.3 is 0 Å². The Labute approximate surface area is 118 Å². The van der Waals surface area contributed by atoms with E-state index in [1.807, 2.05) is 13.8 Å². The molecule has 2 unspecified atom stereocenters. The molecule has 0 aromatic rings. The summed E-state index contributed by atoms with van der Waals surface area (Å²) in [5.41, 5.74) is -0.251. The van der Waals surface area contributed by atoms with Crippen molar-refractivity contribution in [1.29, 1.82) is 0 Å². The van der Waals surface area contributed by atoms with Gasteiger partial charge in [0.2, 0.25) is 0 Å². The molecule has 2 N–H and O–H groups in total. The van der Waals surface area contributed by atoms with E-state index in [0.29, 0.717) is 13.2 Å². The van der Waals surface area contributed by atoms with Gasteiger partial charge in [0.1, 0.15) is 0 Å². The third-order valence-corrected chi connectivity index (χ3v) is 3.16. The highest BCUT2D eigenvalue weighted by molar-refractivity contribution is 4.84. The summed E-state index contributed by atoms with van der Waals surface area (Å²) in [6.45, 7) is 11.5. The Morgan fingerprint density at radius 1 is 1.16 bits per heavy atom. The molecule has 4 nitrogen and oxygen atoms in total. The van der Waals surface area contributed by atoms with Crippen LogP contribution in [0.2, 0.25) is 0 Å². The van der Waals surface area contributed by atoms with Crippen LogP contribution in [0.15, 0.2) is 0 Å². The Hall–Kier alpha value is -0.160. The molecule has 4 heteroatoms. The van der Waals surface area contributed by atoms with Crippen LogP contribution in [0.1, 0.15) is 53.4 Å². The van der Waals surface area contributed by atoms with Crippen molar-refractivity contribution in [2.24, 2.45) is 0 Å². The first-order valence-corrected chi connectivity index (χ1v) is 7.63. The van der Waals surface area contributed by atoms with E-state index in [1.54, 1.807) is 0 Å². The lowest BCUT2D eigenvalue weighted by Gasteiger charge is -2.31. The minimum absolute atomic E-state index is 0.122. The normalized spacial score (nSPS) is 16.3. The van der Waals surface area contributed by atoms with Gasteiger partial charge in [-0.2, -0.15) is 0 Å². The van der Waals surface area contributed by atoms with E-state index in [4.69, 9.17) is 9.47 Å². The van der Waals surface area contributed by atoms with Gasteiger partial charge in [-0.1, -0.05) is 20.3 Å². The maximum atomic E-state index is 9.49. The molecule has 0 aromatic carbocycles. The van der Waals surface area contributed by atoms with Crippen LogP contribution in [0.3, 0.4) is 0 Å². The van der Waals surface area contributed by atoms with E-state index in [-0.39, 0.29) is 18.2 Å². The first-order chi connectivity index (χ1) is 9.08. The van der Waals surface area contributed by atoms with Crippen LogP contribution in [0.5, 0.6) is 0 Å². The Morgan fingerprint density at radius 2 is 1.89 bits per heavy atom. The minimum atomic E-state index is -0.251. The van der Waals surface area contributed by atoms with Crippen LogP contribution < -0.4 is 5.32 Å². The molecule has 116 valence electrons. The fraction of sp³-hybridized carbons (Fsp3) is 1.00. The largest absolute Gasteiger partial charge is 0.394 e. The molecule has 0 fully saturated rings. The van der Waals surface area contributed by atoms with Gasteiger partial charge in [-0.25, -0.2) is 0 Å². The van der Waals surface area contributed by atoms with Gasteiger partial charge in [0.15, 0.2) is 0 Å². The molecule has 0 aliphatic heterocycles. The maximum Gasteiger partial charge on any atom is 0.0704 e. The molecule has 0 aliphatic carbocycles. The number of aliphatic hydroxyl groups excluding tert-OH is 1. The van der Waals surface area contributed by atoms with Gasteiger partial charge < -0.3 is 19.9 Å². The van der Waals surface area contributed by atoms with Crippen LogP contribution in [-0.4, -0.2) is 49.7 Å². The number of hydrogen-bond acceptors (Lipinski definition) is 4. The van der Waals surface area contributed by atoms with Gasteiger partial charge in [-0.3, -0.25) is 0 Å². The van der Waals surface area contributed by atoms with Crippen molar-refractivity contribution < 1.29 is 14.6 Å². The average molecular weight is 275 g/mol. The minimum Gasteiger partial charge on any atom is -0.394 e. The molecule has 19 heavy (non-hydrogen) atoms. The zero-order valence-electron chi connectivity index (χ0n) is 13.2. The molecule has 0 saturated heterocycles. The topological polar surface area (TPSA) is 50.7 Å². The van der Waals surface area contributed by atoms with Crippen molar-refractivity contribution in [2.75, 3.05) is 33.0 Å². The first-order valence-electron chi connectivity index (χ1n) is 7.63. The van der Waals surface area contributed by atoms with Crippen LogP contribution in [-0.2, 0) is 9.47 Å². The molecule has 0 aliphatic rings. The van der Waals surface area contributed by atoms with Gasteiger partial charge in [0.25, 0.3) is 0 Å². The molecule has 2 atom stereocenters. The Morgan fingerprint density at radius 3 is 2.47 bits per heavy atom. The lowest BCUT2D eigenvalue weighted by molar-refractivity contribution is -0.00731. The van der Waals surface area contributed by atoms with Gasteiger partial charge in [-0.05, 0) is 39.7 Å². The fourth-order valence-corrected chi connectivity index (χ4v) is 1.97. The van der Waals surface area contributed by atoms with E-state index in [1.165, 1.54) is 0 Å². The van der Waals surface area contributed by atoms with Crippen molar-refractivity contribution in [3.63, 3.8) is 0 Å². The molecule has 0 heterocycles. The summed E-state index contributed by atoms with van der Waals surface area (Å²) in [4.78, 5) is 0.